The van der Waals surface area contributed by atoms with E-state index in [2.05, 4.69) is 4.62 Å². The largest absolute Gasteiger partial charge is 0.574 e. The zero-order chi connectivity index (χ0) is 36.5. The summed E-state index contributed by atoms with van der Waals surface area (Å²) in [6.07, 6.45) is 11.9. The zero-order valence-corrected chi connectivity index (χ0v) is 26.2. The number of nitrogens with one attached hydrogen (secondary N) is 1. The van der Waals surface area contributed by atoms with E-state index in [0.717, 1.165) is 77.0 Å². The molecule has 0 aromatic carbocycles. The second-order valence-corrected chi connectivity index (χ2v) is 12.0. The summed E-state index contributed by atoms with van der Waals surface area (Å²) in [5.41, 5.74) is 0. The first-order valence-corrected chi connectivity index (χ1v) is 17.2. The van der Waals surface area contributed by atoms with Gasteiger partial charge in [-0.3, -0.25) is 14.6 Å². The molecule has 0 aliphatic rings. The van der Waals surface area contributed by atoms with E-state index in [9.17, 15) is 34.2 Å². The normalized spacial score (nSPS) is 16.7. The van der Waals surface area contributed by atoms with E-state index >= 15 is 0 Å². The Balaban J connectivity index is 4.12. The highest BCUT2D eigenvalue weighted by atomic mass is 31.2. The van der Waals surface area contributed by atoms with Crippen molar-refractivity contribution in [2.75, 3.05) is 26.3 Å². The summed E-state index contributed by atoms with van der Waals surface area (Å²) in [4.78, 5) is 42.5. The third-order valence-corrected chi connectivity index (χ3v) is 7.16. The number of esters is 2. The molecule has 0 amide bonds. The Hall–Kier alpha value is -1.07. The molecule has 42 heavy (non-hydrogen) atoms. The molecule has 0 saturated heterocycles. The molecular formula is C30H61NO10P+2. The van der Waals surface area contributed by atoms with Crippen molar-refractivity contribution in [3.8, 4) is 0 Å². The number of rotatable bonds is 30. The SMILES string of the molecule is [2H]C([2H])([2H])CCCCCCCCCCC(=O)OC[C@@H](O)C[NH+](C[C@H](O)COC(=[O+])CCCCCCCCCCC([2H])([2H])[2H])OP(=O)(O)O. The number of hydroxylamine groups is 2. The van der Waals surface area contributed by atoms with Crippen LogP contribution in [0.2, 0.25) is 0 Å². The van der Waals surface area contributed by atoms with E-state index in [4.69, 9.17) is 17.7 Å². The molecule has 2 atom stereocenters. The van der Waals surface area contributed by atoms with Gasteiger partial charge in [0.05, 0.1) is 0 Å². The van der Waals surface area contributed by atoms with E-state index in [1.807, 2.05) is 0 Å². The van der Waals surface area contributed by atoms with Gasteiger partial charge >= 0.3 is 19.8 Å². The molecule has 12 heteroatoms. The van der Waals surface area contributed by atoms with Gasteiger partial charge in [-0.25, -0.2) is 4.57 Å². The summed E-state index contributed by atoms with van der Waals surface area (Å²) in [6.45, 7) is -5.43. The van der Waals surface area contributed by atoms with Gasteiger partial charge in [0, 0.05) is 19.4 Å². The molecule has 0 heterocycles. The van der Waals surface area contributed by atoms with Crippen LogP contribution in [0.25, 0.3) is 0 Å². The van der Waals surface area contributed by atoms with Gasteiger partial charge in [0.25, 0.3) is 0 Å². The fourth-order valence-corrected chi connectivity index (χ4v) is 4.89. The summed E-state index contributed by atoms with van der Waals surface area (Å²) in [7, 11) is -5.01. The fraction of sp³-hybridized carbons (Fsp3) is 0.933. The summed E-state index contributed by atoms with van der Waals surface area (Å²) < 4.78 is 69.3. The predicted molar refractivity (Wildman–Crippen MR) is 161 cm³/mol. The minimum absolute atomic E-state index is 0.154. The summed E-state index contributed by atoms with van der Waals surface area (Å²) in [6, 6.07) is 0. The number of carbonyl (C=O) groups excluding carboxylic acids is 2. The van der Waals surface area contributed by atoms with Crippen LogP contribution in [0.15, 0.2) is 0 Å². The van der Waals surface area contributed by atoms with Crippen molar-refractivity contribution in [2.45, 2.75) is 154 Å². The highest BCUT2D eigenvalue weighted by Gasteiger charge is 2.31. The Kier molecular flexibility index (Phi) is 20.2. The molecule has 0 aliphatic carbocycles. The maximum atomic E-state index is 12.0. The lowest BCUT2D eigenvalue weighted by atomic mass is 10.1. The van der Waals surface area contributed by atoms with Gasteiger partial charge in [0.1, 0.15) is 32.2 Å². The number of quaternary nitrogens is 1. The van der Waals surface area contributed by atoms with E-state index in [-0.39, 0.29) is 30.7 Å². The molecule has 0 aliphatic heterocycles. The second-order valence-electron chi connectivity index (χ2n) is 10.9. The first kappa shape index (κ1) is 30.9. The molecule has 11 nitrogen and oxygen atoms in total. The van der Waals surface area contributed by atoms with Gasteiger partial charge in [-0.15, -0.1) is 0 Å². The Bertz CT molecular complexity index is 833. The molecule has 0 bridgehead atoms. The molecule has 0 spiro atoms. The maximum Gasteiger partial charge on any atom is 0.574 e. The Labute approximate surface area is 262 Å². The van der Waals surface area contributed by atoms with Gasteiger partial charge in [0.2, 0.25) is 6.61 Å². The van der Waals surface area contributed by atoms with E-state index in [1.54, 1.807) is 0 Å². The van der Waals surface area contributed by atoms with Crippen molar-refractivity contribution in [1.82, 2.24) is 0 Å². The van der Waals surface area contributed by atoms with Gasteiger partial charge < -0.3 is 19.7 Å². The summed E-state index contributed by atoms with van der Waals surface area (Å²) >= 11 is 0. The van der Waals surface area contributed by atoms with Crippen LogP contribution in [-0.2, 0) is 28.3 Å². The molecule has 0 fully saturated rings. The number of unbranched alkanes of at least 4 members (excludes halogenated alkanes) is 14. The molecule has 0 unspecified atom stereocenters. The molecule has 0 aromatic rings. The van der Waals surface area contributed by atoms with Crippen LogP contribution >= 0.6 is 7.82 Å². The minimum Gasteiger partial charge on any atom is -0.463 e. The van der Waals surface area contributed by atoms with Crippen molar-refractivity contribution in [3.05, 3.63) is 0 Å². The number of ether oxygens (including phenoxy) is 2. The topological polar surface area (TPSA) is 167 Å². The average Bonchev–Trinajstić information content (AvgIpc) is 2.94. The standard InChI is InChI=1S/C30H60NO10P/c1-3-5-7-9-11-13-15-17-19-21-29(34)39-25-27(32)23-31(41-42(36,37)38)24-28(33)26-40-30(35)22-20-18-16-14-12-10-8-6-4-2/h27-28,32-33H,3-26H2,1-2H3,(H2,36,37,38)/q+1/p+1/t27-,28-/m0/s1/i1D3,2D3. The number of aliphatic hydroxyl groups is 2. The van der Waals surface area contributed by atoms with Crippen molar-refractivity contribution >= 4 is 19.8 Å². The number of hydrogen-bond donors (Lipinski definition) is 5. The number of carbonyl (C=O) groups is 2. The summed E-state index contributed by atoms with van der Waals surface area (Å²) in [5, 5.41) is 20.2. The van der Waals surface area contributed by atoms with E-state index in [1.165, 1.54) is 0 Å². The van der Waals surface area contributed by atoms with Crippen molar-refractivity contribution in [2.24, 2.45) is 0 Å². The number of aliphatic hydroxyl groups excluding tert-OH is 2. The van der Waals surface area contributed by atoms with Crippen LogP contribution in [0.1, 0.15) is 150 Å². The van der Waals surface area contributed by atoms with Crippen LogP contribution in [0.5, 0.6) is 0 Å². The van der Waals surface area contributed by atoms with Gasteiger partial charge in [-0.2, -0.15) is 5.06 Å². The smallest absolute Gasteiger partial charge is 0.463 e. The van der Waals surface area contributed by atoms with Gasteiger partial charge in [-0.05, 0) is 12.8 Å². The Morgan fingerprint density at radius 2 is 1.12 bits per heavy atom. The van der Waals surface area contributed by atoms with Gasteiger partial charge in [0.15, 0.2) is 6.10 Å². The molecular weight excluding hydrogens is 565 g/mol. The highest BCUT2D eigenvalue weighted by Crippen LogP contribution is 2.32. The molecule has 1 radical (unpaired) electrons. The monoisotopic (exact) mass is 632 g/mol. The molecule has 5 N–H and O–H groups in total. The third kappa shape index (κ3) is 29.0. The van der Waals surface area contributed by atoms with Crippen molar-refractivity contribution < 1.29 is 61.5 Å². The number of hydrogen-bond acceptors (Lipinski definition) is 8. The maximum absolute atomic E-state index is 12.0. The Morgan fingerprint density at radius 1 is 0.714 bits per heavy atom. The molecule has 249 valence electrons. The lowest BCUT2D eigenvalue weighted by Gasteiger charge is -2.21. The van der Waals surface area contributed by atoms with Crippen molar-refractivity contribution in [3.63, 3.8) is 0 Å². The van der Waals surface area contributed by atoms with Crippen LogP contribution in [0.4, 0.5) is 0 Å². The zero-order valence-electron chi connectivity index (χ0n) is 31.3. The minimum atomic E-state index is -5.01. The number of phosphoric acid groups is 1. The lowest BCUT2D eigenvalue weighted by molar-refractivity contribution is -1.07. The van der Waals surface area contributed by atoms with Crippen LogP contribution in [0.3, 0.4) is 0 Å². The summed E-state index contributed by atoms with van der Waals surface area (Å²) in [5.74, 6) is -1.04. The van der Waals surface area contributed by atoms with Crippen LogP contribution < -0.4 is 5.06 Å². The van der Waals surface area contributed by atoms with E-state index < -0.39 is 72.0 Å². The second kappa shape index (κ2) is 27.5. The fourth-order valence-electron chi connectivity index (χ4n) is 4.40. The van der Waals surface area contributed by atoms with E-state index in [0.29, 0.717) is 25.7 Å². The van der Waals surface area contributed by atoms with Gasteiger partial charge in [-0.1, -0.05) is 121 Å². The first-order chi connectivity index (χ1) is 22.4. The average molecular weight is 633 g/mol. The predicted octanol–water partition coefficient (Wildman–Crippen LogP) is 4.55. The van der Waals surface area contributed by atoms with Crippen LogP contribution in [0, 0.1) is 0 Å². The molecule has 0 saturated carbocycles. The first-order valence-electron chi connectivity index (χ1n) is 18.6. The van der Waals surface area contributed by atoms with Crippen LogP contribution in [-0.4, -0.2) is 70.4 Å². The quantitative estimate of drug-likeness (QED) is 0.0249. The lowest BCUT2D eigenvalue weighted by Crippen LogP contribution is -3.13. The highest BCUT2D eigenvalue weighted by molar-refractivity contribution is 7.46. The third-order valence-electron chi connectivity index (χ3n) is 6.66. The Morgan fingerprint density at radius 3 is 1.57 bits per heavy atom. The molecule has 0 aromatic heterocycles. The van der Waals surface area contributed by atoms with Crippen molar-refractivity contribution in [1.29, 1.82) is 0 Å². The molecule has 0 rings (SSSR count).